The lowest BCUT2D eigenvalue weighted by Gasteiger charge is -2.14. The second kappa shape index (κ2) is 9.07. The molecule has 3 aromatic carbocycles. The summed E-state index contributed by atoms with van der Waals surface area (Å²) in [5, 5.41) is 0. The van der Waals surface area contributed by atoms with Crippen LogP contribution in [0.5, 0.6) is 0 Å². The molecule has 25 heavy (non-hydrogen) atoms. The normalized spacial score (nSPS) is 10.8. The van der Waals surface area contributed by atoms with Crippen LogP contribution in [0, 0.1) is 5.82 Å². The van der Waals surface area contributed by atoms with Gasteiger partial charge in [-0.25, -0.2) is 4.39 Å². The third-order valence-electron chi connectivity index (χ3n) is 4.05. The predicted octanol–water partition coefficient (Wildman–Crippen LogP) is 7.27. The SMILES string of the molecule is Fc1ccc(-c2ccccc2-c2ccccc2SCCCCCl)cc1. The van der Waals surface area contributed by atoms with E-state index in [1.165, 1.54) is 28.2 Å². The lowest BCUT2D eigenvalue weighted by Crippen LogP contribution is -1.89. The van der Waals surface area contributed by atoms with Crippen molar-refractivity contribution in [2.75, 3.05) is 11.6 Å². The number of hydrogen-bond donors (Lipinski definition) is 0. The van der Waals surface area contributed by atoms with E-state index in [-0.39, 0.29) is 5.82 Å². The van der Waals surface area contributed by atoms with E-state index in [1.54, 1.807) is 0 Å². The summed E-state index contributed by atoms with van der Waals surface area (Å²) in [4.78, 5) is 1.27. The van der Waals surface area contributed by atoms with E-state index < -0.39 is 0 Å². The van der Waals surface area contributed by atoms with Crippen molar-refractivity contribution in [3.8, 4) is 22.3 Å². The maximum atomic E-state index is 13.3. The first-order chi connectivity index (χ1) is 12.3. The van der Waals surface area contributed by atoms with Crippen LogP contribution in [0.2, 0.25) is 0 Å². The molecule has 0 saturated heterocycles. The van der Waals surface area contributed by atoms with E-state index >= 15 is 0 Å². The summed E-state index contributed by atoms with van der Waals surface area (Å²) in [7, 11) is 0. The molecule has 3 rings (SSSR count). The standard InChI is InChI=1S/C22H20ClFS/c23-15-5-6-16-25-22-10-4-3-9-21(22)20-8-2-1-7-19(20)17-11-13-18(24)14-12-17/h1-4,7-14H,5-6,15-16H2. The molecule has 0 unspecified atom stereocenters. The monoisotopic (exact) mass is 370 g/mol. The Morgan fingerprint density at radius 1 is 0.720 bits per heavy atom. The van der Waals surface area contributed by atoms with Gasteiger partial charge in [-0.3, -0.25) is 0 Å². The molecule has 0 heterocycles. The van der Waals surface area contributed by atoms with Crippen LogP contribution in [0.1, 0.15) is 12.8 Å². The van der Waals surface area contributed by atoms with E-state index in [0.29, 0.717) is 0 Å². The Labute approximate surface area is 158 Å². The van der Waals surface area contributed by atoms with Crippen LogP contribution in [0.4, 0.5) is 4.39 Å². The molecule has 0 spiro atoms. The molecule has 0 bridgehead atoms. The molecule has 0 radical (unpaired) electrons. The van der Waals surface area contributed by atoms with Gasteiger partial charge in [0.15, 0.2) is 0 Å². The summed E-state index contributed by atoms with van der Waals surface area (Å²) in [5.74, 6) is 1.56. The highest BCUT2D eigenvalue weighted by atomic mass is 35.5. The molecule has 3 heteroatoms. The Morgan fingerprint density at radius 2 is 1.36 bits per heavy atom. The summed E-state index contributed by atoms with van der Waals surface area (Å²) in [6, 6.07) is 23.5. The van der Waals surface area contributed by atoms with Gasteiger partial charge < -0.3 is 0 Å². The van der Waals surface area contributed by atoms with Gasteiger partial charge in [-0.1, -0.05) is 54.6 Å². The summed E-state index contributed by atoms with van der Waals surface area (Å²) in [5.41, 5.74) is 4.54. The quantitative estimate of drug-likeness (QED) is 0.239. The summed E-state index contributed by atoms with van der Waals surface area (Å²) in [6.07, 6.45) is 2.16. The average Bonchev–Trinajstić information content (AvgIpc) is 2.66. The lowest BCUT2D eigenvalue weighted by molar-refractivity contribution is 0.628. The molecular weight excluding hydrogens is 351 g/mol. The third kappa shape index (κ3) is 4.65. The molecule has 0 atom stereocenters. The summed E-state index contributed by atoms with van der Waals surface area (Å²) >= 11 is 7.64. The molecule has 0 aliphatic carbocycles. The number of hydrogen-bond acceptors (Lipinski definition) is 1. The minimum atomic E-state index is -0.212. The van der Waals surface area contributed by atoms with E-state index in [9.17, 15) is 4.39 Å². The summed E-state index contributed by atoms with van der Waals surface area (Å²) < 4.78 is 13.3. The average molecular weight is 371 g/mol. The largest absolute Gasteiger partial charge is 0.207 e. The molecule has 0 aromatic heterocycles. The minimum Gasteiger partial charge on any atom is -0.207 e. The molecule has 0 N–H and O–H groups in total. The maximum absolute atomic E-state index is 13.3. The Balaban J connectivity index is 1.96. The van der Waals surface area contributed by atoms with Crippen molar-refractivity contribution in [2.45, 2.75) is 17.7 Å². The van der Waals surface area contributed by atoms with E-state index in [2.05, 4.69) is 42.5 Å². The van der Waals surface area contributed by atoms with Crippen molar-refractivity contribution in [1.29, 1.82) is 0 Å². The van der Waals surface area contributed by atoms with Gasteiger partial charge in [0.05, 0.1) is 0 Å². The molecule has 0 fully saturated rings. The van der Waals surface area contributed by atoms with Crippen molar-refractivity contribution in [3.63, 3.8) is 0 Å². The molecular formula is C22H20ClFS. The zero-order valence-electron chi connectivity index (χ0n) is 13.9. The van der Waals surface area contributed by atoms with Crippen molar-refractivity contribution in [2.24, 2.45) is 0 Å². The van der Waals surface area contributed by atoms with E-state index in [0.717, 1.165) is 35.6 Å². The number of benzene rings is 3. The van der Waals surface area contributed by atoms with E-state index in [4.69, 9.17) is 11.6 Å². The highest BCUT2D eigenvalue weighted by molar-refractivity contribution is 7.99. The van der Waals surface area contributed by atoms with Crippen LogP contribution in [-0.4, -0.2) is 11.6 Å². The molecule has 0 aliphatic rings. The first kappa shape index (κ1) is 18.0. The molecule has 0 amide bonds. The van der Waals surface area contributed by atoms with Gasteiger partial charge in [-0.2, -0.15) is 0 Å². The molecule has 128 valence electrons. The zero-order chi connectivity index (χ0) is 17.5. The molecule has 0 aliphatic heterocycles. The molecule has 3 aromatic rings. The lowest BCUT2D eigenvalue weighted by atomic mass is 9.94. The van der Waals surface area contributed by atoms with Gasteiger partial charge in [0.2, 0.25) is 0 Å². The number of thioether (sulfide) groups is 1. The zero-order valence-corrected chi connectivity index (χ0v) is 15.5. The second-order valence-electron chi connectivity index (χ2n) is 5.79. The Bertz CT molecular complexity index is 814. The van der Waals surface area contributed by atoms with Crippen molar-refractivity contribution >= 4 is 23.4 Å². The number of alkyl halides is 1. The Hall–Kier alpha value is -1.77. The van der Waals surface area contributed by atoms with Gasteiger partial charge in [-0.15, -0.1) is 23.4 Å². The van der Waals surface area contributed by atoms with Crippen LogP contribution in [0.3, 0.4) is 0 Å². The fraction of sp³-hybridized carbons (Fsp3) is 0.182. The first-order valence-corrected chi connectivity index (χ1v) is 9.95. The van der Waals surface area contributed by atoms with Crippen molar-refractivity contribution in [1.82, 2.24) is 0 Å². The number of rotatable bonds is 7. The van der Waals surface area contributed by atoms with E-state index in [1.807, 2.05) is 30.0 Å². The van der Waals surface area contributed by atoms with Crippen LogP contribution >= 0.6 is 23.4 Å². The smallest absolute Gasteiger partial charge is 0.123 e. The fourth-order valence-corrected chi connectivity index (χ4v) is 4.06. The number of halogens is 2. The van der Waals surface area contributed by atoms with Crippen molar-refractivity contribution in [3.05, 3.63) is 78.6 Å². The van der Waals surface area contributed by atoms with Crippen molar-refractivity contribution < 1.29 is 4.39 Å². The predicted molar refractivity (Wildman–Crippen MR) is 108 cm³/mol. The van der Waals surface area contributed by atoms with Crippen LogP contribution in [-0.2, 0) is 0 Å². The minimum absolute atomic E-state index is 0.212. The third-order valence-corrected chi connectivity index (χ3v) is 5.47. The van der Waals surface area contributed by atoms with Gasteiger partial charge in [0, 0.05) is 10.8 Å². The van der Waals surface area contributed by atoms with Gasteiger partial charge >= 0.3 is 0 Å². The highest BCUT2D eigenvalue weighted by Gasteiger charge is 2.11. The molecule has 0 saturated carbocycles. The van der Waals surface area contributed by atoms with Crippen LogP contribution in [0.25, 0.3) is 22.3 Å². The Kier molecular flexibility index (Phi) is 6.55. The second-order valence-corrected chi connectivity index (χ2v) is 7.31. The first-order valence-electron chi connectivity index (χ1n) is 8.43. The van der Waals surface area contributed by atoms with Gasteiger partial charge in [0.25, 0.3) is 0 Å². The Morgan fingerprint density at radius 3 is 2.08 bits per heavy atom. The van der Waals surface area contributed by atoms with Crippen LogP contribution in [0.15, 0.2) is 77.7 Å². The van der Waals surface area contributed by atoms with Gasteiger partial charge in [-0.05, 0) is 59.0 Å². The highest BCUT2D eigenvalue weighted by Crippen LogP contribution is 2.37. The molecule has 0 nitrogen and oxygen atoms in total. The number of unbranched alkanes of at least 4 members (excludes halogenated alkanes) is 1. The van der Waals surface area contributed by atoms with Gasteiger partial charge in [0.1, 0.15) is 5.82 Å². The van der Waals surface area contributed by atoms with Crippen LogP contribution < -0.4 is 0 Å². The maximum Gasteiger partial charge on any atom is 0.123 e. The fourth-order valence-electron chi connectivity index (χ4n) is 2.79. The topological polar surface area (TPSA) is 0 Å². The summed E-state index contributed by atoms with van der Waals surface area (Å²) in [6.45, 7) is 0.